The molecule has 0 radical (unpaired) electrons. The van der Waals surface area contributed by atoms with Crippen molar-refractivity contribution in [3.8, 4) is 0 Å². The zero-order chi connectivity index (χ0) is 10.4. The number of nitrogens with one attached hydrogen (secondary N) is 1. The molecule has 1 unspecified atom stereocenters. The second-order valence-electron chi connectivity index (χ2n) is 5.54. The molecule has 1 saturated carbocycles. The van der Waals surface area contributed by atoms with Gasteiger partial charge in [-0.2, -0.15) is 0 Å². The van der Waals surface area contributed by atoms with E-state index in [0.717, 1.165) is 17.8 Å². The third-order valence-corrected chi connectivity index (χ3v) is 3.26. The Labute approximate surface area is 89.7 Å². The highest BCUT2D eigenvalue weighted by atomic mass is 14.9. The summed E-state index contributed by atoms with van der Waals surface area (Å²) in [5.74, 6) is 2.70. The molecule has 84 valence electrons. The van der Waals surface area contributed by atoms with Crippen molar-refractivity contribution in [2.24, 2.45) is 17.8 Å². The first-order chi connectivity index (χ1) is 6.68. The molecule has 1 atom stereocenters. The van der Waals surface area contributed by atoms with E-state index in [-0.39, 0.29) is 0 Å². The molecule has 1 nitrogen and oxygen atoms in total. The lowest BCUT2D eigenvalue weighted by molar-refractivity contribution is 0.374. The van der Waals surface area contributed by atoms with Crippen LogP contribution in [0.4, 0.5) is 0 Å². The molecule has 0 aliphatic heterocycles. The summed E-state index contributed by atoms with van der Waals surface area (Å²) in [4.78, 5) is 0. The highest BCUT2D eigenvalue weighted by molar-refractivity contribution is 4.71. The van der Waals surface area contributed by atoms with Crippen LogP contribution in [0.2, 0.25) is 0 Å². The van der Waals surface area contributed by atoms with Crippen molar-refractivity contribution in [1.82, 2.24) is 5.32 Å². The predicted molar refractivity (Wildman–Crippen MR) is 63.4 cm³/mol. The zero-order valence-corrected chi connectivity index (χ0v) is 10.2. The Morgan fingerprint density at radius 2 is 1.71 bits per heavy atom. The van der Waals surface area contributed by atoms with Gasteiger partial charge in [-0.15, -0.1) is 0 Å². The quantitative estimate of drug-likeness (QED) is 0.687. The molecular formula is C13H27N. The van der Waals surface area contributed by atoms with Crippen LogP contribution in [0.25, 0.3) is 0 Å². The van der Waals surface area contributed by atoms with Crippen LogP contribution in [0.15, 0.2) is 0 Å². The molecule has 1 heteroatoms. The molecule has 0 saturated heterocycles. The van der Waals surface area contributed by atoms with Crippen molar-refractivity contribution in [3.63, 3.8) is 0 Å². The van der Waals surface area contributed by atoms with E-state index in [1.165, 1.54) is 45.2 Å². The van der Waals surface area contributed by atoms with E-state index in [4.69, 9.17) is 0 Å². The second kappa shape index (κ2) is 6.44. The molecule has 0 aromatic rings. The van der Waals surface area contributed by atoms with E-state index in [0.29, 0.717) is 0 Å². The van der Waals surface area contributed by atoms with Crippen molar-refractivity contribution in [1.29, 1.82) is 0 Å². The minimum atomic E-state index is 0.786. The van der Waals surface area contributed by atoms with Gasteiger partial charge in [-0.05, 0) is 37.3 Å². The second-order valence-corrected chi connectivity index (χ2v) is 5.54. The van der Waals surface area contributed by atoms with Gasteiger partial charge in [0.2, 0.25) is 0 Å². The molecule has 0 heterocycles. The van der Waals surface area contributed by atoms with E-state index in [9.17, 15) is 0 Å². The standard InChI is InChI=1S/C13H27N/c1-11(2)9-14-10-12(3)8-13-6-4-5-7-13/h11-14H,4-10H2,1-3H3. The molecular weight excluding hydrogens is 170 g/mol. The SMILES string of the molecule is CC(C)CNCC(C)CC1CCCC1. The van der Waals surface area contributed by atoms with Gasteiger partial charge in [0.1, 0.15) is 0 Å². The number of hydrogen-bond donors (Lipinski definition) is 1. The van der Waals surface area contributed by atoms with Crippen LogP contribution in [0.3, 0.4) is 0 Å². The molecule has 0 amide bonds. The summed E-state index contributed by atoms with van der Waals surface area (Å²) in [7, 11) is 0. The highest BCUT2D eigenvalue weighted by Crippen LogP contribution is 2.29. The fourth-order valence-electron chi connectivity index (χ4n) is 2.52. The van der Waals surface area contributed by atoms with E-state index >= 15 is 0 Å². The van der Waals surface area contributed by atoms with Gasteiger partial charge in [-0.25, -0.2) is 0 Å². The van der Waals surface area contributed by atoms with Crippen molar-refractivity contribution in [2.45, 2.75) is 52.9 Å². The van der Waals surface area contributed by atoms with E-state index in [2.05, 4.69) is 26.1 Å². The Kier molecular flexibility index (Phi) is 5.54. The molecule has 1 rings (SSSR count). The third-order valence-electron chi connectivity index (χ3n) is 3.26. The van der Waals surface area contributed by atoms with Crippen molar-refractivity contribution >= 4 is 0 Å². The van der Waals surface area contributed by atoms with E-state index in [1.807, 2.05) is 0 Å². The first kappa shape index (κ1) is 12.0. The highest BCUT2D eigenvalue weighted by Gasteiger charge is 2.17. The zero-order valence-electron chi connectivity index (χ0n) is 10.2. The molecule has 0 aromatic carbocycles. The fourth-order valence-corrected chi connectivity index (χ4v) is 2.52. The maximum absolute atomic E-state index is 3.56. The van der Waals surface area contributed by atoms with Crippen LogP contribution < -0.4 is 5.32 Å². The molecule has 0 spiro atoms. The summed E-state index contributed by atoms with van der Waals surface area (Å²) in [6.45, 7) is 9.33. The van der Waals surface area contributed by atoms with Crippen LogP contribution in [0.1, 0.15) is 52.9 Å². The maximum Gasteiger partial charge on any atom is -0.00229 e. The molecule has 1 aliphatic carbocycles. The summed E-state index contributed by atoms with van der Waals surface area (Å²) in [5, 5.41) is 3.56. The van der Waals surface area contributed by atoms with Crippen LogP contribution in [-0.4, -0.2) is 13.1 Å². The normalized spacial score (nSPS) is 20.6. The summed E-state index contributed by atoms with van der Waals surface area (Å²) in [6, 6.07) is 0. The average molecular weight is 197 g/mol. The fraction of sp³-hybridized carbons (Fsp3) is 1.00. The molecule has 1 aliphatic rings. The van der Waals surface area contributed by atoms with Crippen LogP contribution in [-0.2, 0) is 0 Å². The third kappa shape index (κ3) is 4.99. The van der Waals surface area contributed by atoms with E-state index in [1.54, 1.807) is 0 Å². The summed E-state index contributed by atoms with van der Waals surface area (Å²) in [6.07, 6.45) is 7.40. The van der Waals surface area contributed by atoms with Gasteiger partial charge >= 0.3 is 0 Å². The Hall–Kier alpha value is -0.0400. The predicted octanol–water partition coefficient (Wildman–Crippen LogP) is 3.45. The smallest absolute Gasteiger partial charge is 0.00229 e. The van der Waals surface area contributed by atoms with Crippen molar-refractivity contribution in [3.05, 3.63) is 0 Å². The Morgan fingerprint density at radius 1 is 1.07 bits per heavy atom. The molecule has 0 bridgehead atoms. The van der Waals surface area contributed by atoms with E-state index < -0.39 is 0 Å². The molecule has 14 heavy (non-hydrogen) atoms. The van der Waals surface area contributed by atoms with Gasteiger partial charge in [-0.1, -0.05) is 46.5 Å². The lowest BCUT2D eigenvalue weighted by Gasteiger charge is -2.17. The lowest BCUT2D eigenvalue weighted by Crippen LogP contribution is -2.26. The largest absolute Gasteiger partial charge is 0.316 e. The summed E-state index contributed by atoms with van der Waals surface area (Å²) < 4.78 is 0. The Bertz CT molecular complexity index is 136. The maximum atomic E-state index is 3.56. The first-order valence-corrected chi connectivity index (χ1v) is 6.39. The monoisotopic (exact) mass is 197 g/mol. The van der Waals surface area contributed by atoms with Gasteiger partial charge in [0, 0.05) is 0 Å². The topological polar surface area (TPSA) is 12.0 Å². The van der Waals surface area contributed by atoms with Gasteiger partial charge in [-0.3, -0.25) is 0 Å². The van der Waals surface area contributed by atoms with Crippen LogP contribution in [0, 0.1) is 17.8 Å². The Balaban J connectivity index is 2.00. The lowest BCUT2D eigenvalue weighted by atomic mass is 9.94. The first-order valence-electron chi connectivity index (χ1n) is 6.39. The van der Waals surface area contributed by atoms with Gasteiger partial charge < -0.3 is 5.32 Å². The van der Waals surface area contributed by atoms with Crippen LogP contribution >= 0.6 is 0 Å². The van der Waals surface area contributed by atoms with Gasteiger partial charge in [0.05, 0.1) is 0 Å². The average Bonchev–Trinajstić information content (AvgIpc) is 2.56. The molecule has 1 fully saturated rings. The minimum absolute atomic E-state index is 0.786. The number of hydrogen-bond acceptors (Lipinski definition) is 1. The summed E-state index contributed by atoms with van der Waals surface area (Å²) in [5.41, 5.74) is 0. The van der Waals surface area contributed by atoms with Gasteiger partial charge in [0.25, 0.3) is 0 Å². The minimum Gasteiger partial charge on any atom is -0.316 e. The van der Waals surface area contributed by atoms with Crippen LogP contribution in [0.5, 0.6) is 0 Å². The molecule has 0 aromatic heterocycles. The Morgan fingerprint density at radius 3 is 2.29 bits per heavy atom. The van der Waals surface area contributed by atoms with Gasteiger partial charge in [0.15, 0.2) is 0 Å². The van der Waals surface area contributed by atoms with Crippen molar-refractivity contribution in [2.75, 3.05) is 13.1 Å². The number of rotatable bonds is 6. The van der Waals surface area contributed by atoms with Crippen molar-refractivity contribution < 1.29 is 0 Å². The summed E-state index contributed by atoms with van der Waals surface area (Å²) >= 11 is 0. The molecule has 1 N–H and O–H groups in total.